The van der Waals surface area contributed by atoms with Crippen LogP contribution < -0.4 is 5.32 Å². The largest absolute Gasteiger partial charge is 0.358 e. The summed E-state index contributed by atoms with van der Waals surface area (Å²) < 4.78 is 13.6. The van der Waals surface area contributed by atoms with Crippen molar-refractivity contribution in [3.63, 3.8) is 0 Å². The maximum atomic E-state index is 13.6. The lowest BCUT2D eigenvalue weighted by Gasteiger charge is -2.25. The van der Waals surface area contributed by atoms with E-state index < -0.39 is 0 Å². The van der Waals surface area contributed by atoms with Crippen molar-refractivity contribution in [3.05, 3.63) is 70.7 Å². The van der Waals surface area contributed by atoms with Gasteiger partial charge in [0.1, 0.15) is 5.82 Å². The highest BCUT2D eigenvalue weighted by Gasteiger charge is 2.19. The van der Waals surface area contributed by atoms with Crippen molar-refractivity contribution < 1.29 is 9.18 Å². The molecule has 1 aliphatic rings. The van der Waals surface area contributed by atoms with Crippen molar-refractivity contribution in [3.8, 4) is 0 Å². The Balaban J connectivity index is 1.52. The third-order valence-electron chi connectivity index (χ3n) is 5.67. The number of aromatic nitrogens is 1. The van der Waals surface area contributed by atoms with E-state index in [1.54, 1.807) is 6.07 Å². The van der Waals surface area contributed by atoms with Gasteiger partial charge in [-0.2, -0.15) is 0 Å². The molecule has 1 atom stereocenters. The van der Waals surface area contributed by atoms with Gasteiger partial charge in [-0.25, -0.2) is 4.39 Å². The number of fused-ring (bicyclic) bond motifs is 3. The summed E-state index contributed by atoms with van der Waals surface area (Å²) in [6.07, 6.45) is 4.58. The van der Waals surface area contributed by atoms with E-state index in [4.69, 9.17) is 0 Å². The number of benzene rings is 2. The Morgan fingerprint density at radius 1 is 1.18 bits per heavy atom. The predicted octanol–water partition coefficient (Wildman–Crippen LogP) is 4.22. The molecule has 2 aromatic carbocycles. The van der Waals surface area contributed by atoms with Crippen LogP contribution >= 0.6 is 0 Å². The fourth-order valence-electron chi connectivity index (χ4n) is 4.15. The van der Waals surface area contributed by atoms with E-state index in [0.29, 0.717) is 12.1 Å². The highest BCUT2D eigenvalue weighted by Crippen LogP contribution is 2.29. The van der Waals surface area contributed by atoms with Gasteiger partial charge in [0.05, 0.1) is 6.04 Å². The normalized spacial score (nSPS) is 14.9. The number of nitrogens with zero attached hydrogens (tertiary/aromatic N) is 1. The number of hydrogen-bond acceptors (Lipinski definition) is 2. The van der Waals surface area contributed by atoms with Crippen LogP contribution in [0.2, 0.25) is 0 Å². The number of aryl methyl sites for hydroxylation is 2. The topological polar surface area (TPSA) is 48.1 Å². The molecule has 0 saturated heterocycles. The monoisotopic (exact) mass is 379 g/mol. The lowest BCUT2D eigenvalue weighted by atomic mass is 9.95. The molecule has 0 radical (unpaired) electrons. The maximum Gasteiger partial charge on any atom is 0.251 e. The van der Waals surface area contributed by atoms with Gasteiger partial charge < -0.3 is 15.2 Å². The molecule has 3 aromatic rings. The summed E-state index contributed by atoms with van der Waals surface area (Å²) >= 11 is 0. The summed E-state index contributed by atoms with van der Waals surface area (Å²) in [4.78, 5) is 18.3. The molecule has 0 aliphatic heterocycles. The van der Waals surface area contributed by atoms with E-state index in [9.17, 15) is 9.18 Å². The Labute approximate surface area is 164 Å². The van der Waals surface area contributed by atoms with Crippen LogP contribution in [0.3, 0.4) is 0 Å². The Hall–Kier alpha value is -2.66. The average Bonchev–Trinajstić information content (AvgIpc) is 3.05. The summed E-state index contributed by atoms with van der Waals surface area (Å²) in [5.74, 6) is -0.366. The number of aromatic amines is 1. The van der Waals surface area contributed by atoms with E-state index in [1.165, 1.54) is 36.2 Å². The van der Waals surface area contributed by atoms with Crippen LogP contribution in [0.1, 0.15) is 46.1 Å². The quantitative estimate of drug-likeness (QED) is 0.697. The number of amides is 1. The average molecular weight is 379 g/mol. The second kappa shape index (κ2) is 7.76. The van der Waals surface area contributed by atoms with E-state index in [0.717, 1.165) is 29.3 Å². The van der Waals surface area contributed by atoms with Crippen LogP contribution in [0.25, 0.3) is 10.9 Å². The molecule has 0 saturated carbocycles. The smallest absolute Gasteiger partial charge is 0.251 e. The zero-order valence-corrected chi connectivity index (χ0v) is 16.4. The molecule has 0 fully saturated rings. The van der Waals surface area contributed by atoms with E-state index in [2.05, 4.69) is 10.3 Å². The highest BCUT2D eigenvalue weighted by atomic mass is 19.1. The highest BCUT2D eigenvalue weighted by molar-refractivity contribution is 5.99. The first kappa shape index (κ1) is 18.7. The molecular formula is C23H26FN3O. The molecular weight excluding hydrogens is 353 g/mol. The van der Waals surface area contributed by atoms with Gasteiger partial charge in [-0.1, -0.05) is 12.1 Å². The van der Waals surface area contributed by atoms with Crippen LogP contribution in [-0.2, 0) is 12.8 Å². The van der Waals surface area contributed by atoms with Gasteiger partial charge in [0.15, 0.2) is 0 Å². The molecule has 1 heterocycles. The molecule has 4 nitrogen and oxygen atoms in total. The molecule has 0 bridgehead atoms. The molecule has 1 aromatic heterocycles. The van der Waals surface area contributed by atoms with Crippen molar-refractivity contribution in [1.29, 1.82) is 0 Å². The van der Waals surface area contributed by atoms with Crippen molar-refractivity contribution in [2.24, 2.45) is 0 Å². The lowest BCUT2D eigenvalue weighted by Crippen LogP contribution is -2.34. The molecule has 1 amide bonds. The molecule has 0 spiro atoms. The van der Waals surface area contributed by atoms with E-state index in [1.807, 2.05) is 43.3 Å². The third-order valence-corrected chi connectivity index (χ3v) is 5.67. The van der Waals surface area contributed by atoms with Gasteiger partial charge in [-0.05, 0) is 81.2 Å². The molecule has 28 heavy (non-hydrogen) atoms. The zero-order chi connectivity index (χ0) is 19.7. The first-order valence-corrected chi connectivity index (χ1v) is 9.86. The number of hydrogen-bond donors (Lipinski definition) is 2. The second-order valence-electron chi connectivity index (χ2n) is 7.79. The van der Waals surface area contributed by atoms with Crippen molar-refractivity contribution in [2.75, 3.05) is 20.6 Å². The zero-order valence-electron chi connectivity index (χ0n) is 16.4. The van der Waals surface area contributed by atoms with Crippen LogP contribution in [0.15, 0.2) is 42.5 Å². The molecule has 1 unspecified atom stereocenters. The van der Waals surface area contributed by atoms with Gasteiger partial charge in [0.25, 0.3) is 5.91 Å². The minimum Gasteiger partial charge on any atom is -0.358 e. The van der Waals surface area contributed by atoms with Gasteiger partial charge in [-0.15, -0.1) is 0 Å². The fourth-order valence-corrected chi connectivity index (χ4v) is 4.15. The summed E-state index contributed by atoms with van der Waals surface area (Å²) in [7, 11) is 3.86. The second-order valence-corrected chi connectivity index (χ2v) is 7.79. The number of carbonyl (C=O) groups excluding carboxylic acids is 1. The number of H-pyrrole nitrogens is 1. The molecule has 146 valence electrons. The lowest BCUT2D eigenvalue weighted by molar-refractivity contribution is 0.0942. The van der Waals surface area contributed by atoms with Crippen molar-refractivity contribution in [1.82, 2.24) is 15.2 Å². The van der Waals surface area contributed by atoms with Gasteiger partial charge in [-0.3, -0.25) is 4.79 Å². The number of halogens is 1. The summed E-state index contributed by atoms with van der Waals surface area (Å²) in [6.45, 7) is 0.415. The van der Waals surface area contributed by atoms with Gasteiger partial charge in [0.2, 0.25) is 0 Å². The minimum absolute atomic E-state index is 0.0941. The molecule has 5 heteroatoms. The Morgan fingerprint density at radius 2 is 2.00 bits per heavy atom. The number of nitrogens with one attached hydrogen (secondary N) is 2. The molecule has 2 N–H and O–H groups in total. The molecule has 4 rings (SSSR count). The summed E-state index contributed by atoms with van der Waals surface area (Å²) in [6, 6.07) is 12.3. The van der Waals surface area contributed by atoms with Crippen LogP contribution in [0, 0.1) is 5.82 Å². The first-order chi connectivity index (χ1) is 13.5. The van der Waals surface area contributed by atoms with Crippen molar-refractivity contribution in [2.45, 2.75) is 31.7 Å². The van der Waals surface area contributed by atoms with Gasteiger partial charge in [0, 0.05) is 28.7 Å². The van der Waals surface area contributed by atoms with Crippen molar-refractivity contribution >= 4 is 16.8 Å². The fraction of sp³-hybridized carbons (Fsp3) is 0.348. The summed E-state index contributed by atoms with van der Waals surface area (Å²) in [5.41, 5.74) is 5.30. The Morgan fingerprint density at radius 3 is 2.79 bits per heavy atom. The SMILES string of the molecule is CN(C)C(CNC(=O)c1ccc2[nH]c3c(c2c1)CCCC3)c1cccc(F)c1. The van der Waals surface area contributed by atoms with Crippen LogP contribution in [-0.4, -0.2) is 36.4 Å². The number of rotatable bonds is 5. The standard InChI is InChI=1S/C23H26FN3O/c1-27(2)22(15-6-5-7-17(24)12-15)14-25-23(28)16-10-11-21-19(13-16)18-8-3-4-9-20(18)26-21/h5-7,10-13,22,26H,3-4,8-9,14H2,1-2H3,(H,25,28). The third kappa shape index (κ3) is 3.67. The minimum atomic E-state index is -0.265. The number of carbonyl (C=O) groups is 1. The maximum absolute atomic E-state index is 13.6. The number of likely N-dealkylation sites (N-methyl/N-ethyl adjacent to an activating group) is 1. The Kier molecular flexibility index (Phi) is 5.18. The van der Waals surface area contributed by atoms with Crippen LogP contribution in [0.5, 0.6) is 0 Å². The summed E-state index contributed by atoms with van der Waals surface area (Å²) in [5, 5.41) is 4.19. The Bertz CT molecular complexity index is 1010. The first-order valence-electron chi connectivity index (χ1n) is 9.86. The van der Waals surface area contributed by atoms with E-state index in [-0.39, 0.29) is 17.8 Å². The van der Waals surface area contributed by atoms with E-state index >= 15 is 0 Å². The van der Waals surface area contributed by atoms with Gasteiger partial charge >= 0.3 is 0 Å². The molecule has 1 aliphatic carbocycles. The van der Waals surface area contributed by atoms with Crippen LogP contribution in [0.4, 0.5) is 4.39 Å². The predicted molar refractivity (Wildman–Crippen MR) is 110 cm³/mol.